The first-order valence-corrected chi connectivity index (χ1v) is 4.76. The summed E-state index contributed by atoms with van der Waals surface area (Å²) in [6.07, 6.45) is 2.93. The van der Waals surface area contributed by atoms with Crippen LogP contribution in [-0.4, -0.2) is 4.57 Å². The van der Waals surface area contributed by atoms with E-state index in [0.717, 1.165) is 18.5 Å². The number of aromatic nitrogens is 1. The molecule has 0 aromatic carbocycles. The van der Waals surface area contributed by atoms with E-state index in [0.29, 0.717) is 5.92 Å². The molecule has 0 spiro atoms. The predicted molar refractivity (Wildman–Crippen MR) is 54.9 cm³/mol. The van der Waals surface area contributed by atoms with Crippen LogP contribution in [0.25, 0.3) is 0 Å². The third-order valence-corrected chi connectivity index (χ3v) is 2.10. The highest BCUT2D eigenvalue weighted by atomic mass is 16.1. The molecule has 13 heavy (non-hydrogen) atoms. The summed E-state index contributed by atoms with van der Waals surface area (Å²) in [5.41, 5.74) is 1.14. The zero-order valence-corrected chi connectivity index (χ0v) is 8.58. The van der Waals surface area contributed by atoms with E-state index in [1.54, 1.807) is 10.6 Å². The highest BCUT2D eigenvalue weighted by Gasteiger charge is 1.97. The maximum atomic E-state index is 11.4. The fourth-order valence-electron chi connectivity index (χ4n) is 1.19. The standard InChI is InChI=1S/C11H17NO/c1-9(2)4-6-12-7-5-10(3)8-11(12)13/h5,7-9H,4,6H2,1-3H3. The zero-order valence-electron chi connectivity index (χ0n) is 8.58. The molecule has 0 aliphatic heterocycles. The molecule has 72 valence electrons. The van der Waals surface area contributed by atoms with Crippen LogP contribution in [0.4, 0.5) is 0 Å². The smallest absolute Gasteiger partial charge is 0.250 e. The fraction of sp³-hybridized carbons (Fsp3) is 0.545. The van der Waals surface area contributed by atoms with Gasteiger partial charge in [0, 0.05) is 18.8 Å². The maximum absolute atomic E-state index is 11.4. The van der Waals surface area contributed by atoms with E-state index in [9.17, 15) is 4.79 Å². The van der Waals surface area contributed by atoms with Gasteiger partial charge in [0.1, 0.15) is 0 Å². The lowest BCUT2D eigenvalue weighted by atomic mass is 10.1. The summed E-state index contributed by atoms with van der Waals surface area (Å²) >= 11 is 0. The van der Waals surface area contributed by atoms with E-state index in [1.165, 1.54) is 0 Å². The Hall–Kier alpha value is -1.05. The molecular formula is C11H17NO. The molecule has 0 aliphatic rings. The molecule has 0 saturated carbocycles. The van der Waals surface area contributed by atoms with Gasteiger partial charge >= 0.3 is 0 Å². The molecule has 0 amide bonds. The predicted octanol–water partition coefficient (Wildman–Crippen LogP) is 2.20. The summed E-state index contributed by atoms with van der Waals surface area (Å²) in [6.45, 7) is 7.10. The lowest BCUT2D eigenvalue weighted by Gasteiger charge is -2.07. The van der Waals surface area contributed by atoms with Gasteiger partial charge in [-0.1, -0.05) is 13.8 Å². The quantitative estimate of drug-likeness (QED) is 0.697. The van der Waals surface area contributed by atoms with Gasteiger partial charge in [-0.15, -0.1) is 0 Å². The van der Waals surface area contributed by atoms with Gasteiger partial charge in [-0.3, -0.25) is 4.79 Å². The van der Waals surface area contributed by atoms with Gasteiger partial charge in [0.2, 0.25) is 0 Å². The molecule has 1 aromatic heterocycles. The number of nitrogens with zero attached hydrogens (tertiary/aromatic N) is 1. The van der Waals surface area contributed by atoms with Crippen LogP contribution in [0, 0.1) is 12.8 Å². The third-order valence-electron chi connectivity index (χ3n) is 2.10. The van der Waals surface area contributed by atoms with Crippen molar-refractivity contribution in [2.75, 3.05) is 0 Å². The van der Waals surface area contributed by atoms with Crippen LogP contribution in [0.1, 0.15) is 25.8 Å². The minimum Gasteiger partial charge on any atom is -0.316 e. The molecule has 2 heteroatoms. The van der Waals surface area contributed by atoms with Crippen molar-refractivity contribution in [2.45, 2.75) is 33.7 Å². The highest BCUT2D eigenvalue weighted by Crippen LogP contribution is 2.01. The van der Waals surface area contributed by atoms with E-state index >= 15 is 0 Å². The Morgan fingerprint density at radius 1 is 1.46 bits per heavy atom. The third kappa shape index (κ3) is 3.05. The first-order valence-electron chi connectivity index (χ1n) is 4.76. The lowest BCUT2D eigenvalue weighted by molar-refractivity contribution is 0.507. The Morgan fingerprint density at radius 2 is 2.15 bits per heavy atom. The van der Waals surface area contributed by atoms with Gasteiger partial charge < -0.3 is 4.57 Å². The fourth-order valence-corrected chi connectivity index (χ4v) is 1.19. The normalized spacial score (nSPS) is 10.8. The molecule has 0 bridgehead atoms. The van der Waals surface area contributed by atoms with Crippen molar-refractivity contribution in [1.29, 1.82) is 0 Å². The molecule has 0 aliphatic carbocycles. The largest absolute Gasteiger partial charge is 0.316 e. The summed E-state index contributed by atoms with van der Waals surface area (Å²) in [6, 6.07) is 3.65. The van der Waals surface area contributed by atoms with Crippen molar-refractivity contribution in [3.8, 4) is 0 Å². The van der Waals surface area contributed by atoms with Gasteiger partial charge in [-0.05, 0) is 30.9 Å². The van der Waals surface area contributed by atoms with Crippen LogP contribution >= 0.6 is 0 Å². The molecule has 2 nitrogen and oxygen atoms in total. The number of hydrogen-bond donors (Lipinski definition) is 0. The van der Waals surface area contributed by atoms with Crippen molar-refractivity contribution < 1.29 is 0 Å². The van der Waals surface area contributed by atoms with Crippen LogP contribution in [0.3, 0.4) is 0 Å². The molecular weight excluding hydrogens is 162 g/mol. The summed E-state index contributed by atoms with van der Waals surface area (Å²) in [7, 11) is 0. The minimum atomic E-state index is 0.112. The molecule has 1 rings (SSSR count). The van der Waals surface area contributed by atoms with E-state index in [2.05, 4.69) is 13.8 Å². The van der Waals surface area contributed by atoms with Crippen molar-refractivity contribution >= 4 is 0 Å². The van der Waals surface area contributed by atoms with E-state index < -0.39 is 0 Å². The van der Waals surface area contributed by atoms with E-state index in [-0.39, 0.29) is 5.56 Å². The second kappa shape index (κ2) is 4.26. The second-order valence-electron chi connectivity index (χ2n) is 3.92. The minimum absolute atomic E-state index is 0.112. The van der Waals surface area contributed by atoms with Gasteiger partial charge in [0.25, 0.3) is 5.56 Å². The molecule has 0 radical (unpaired) electrons. The molecule has 0 unspecified atom stereocenters. The number of aryl methyl sites for hydroxylation is 2. The summed E-state index contributed by atoms with van der Waals surface area (Å²) in [5, 5.41) is 0. The van der Waals surface area contributed by atoms with Gasteiger partial charge in [-0.25, -0.2) is 0 Å². The van der Waals surface area contributed by atoms with Crippen molar-refractivity contribution in [3.05, 3.63) is 34.2 Å². The van der Waals surface area contributed by atoms with Crippen molar-refractivity contribution in [1.82, 2.24) is 4.57 Å². The Kier molecular flexibility index (Phi) is 3.29. The Balaban J connectivity index is 2.73. The first-order chi connectivity index (χ1) is 6.09. The van der Waals surface area contributed by atoms with Gasteiger partial charge in [0.15, 0.2) is 0 Å². The molecule has 0 N–H and O–H groups in total. The van der Waals surface area contributed by atoms with Crippen LogP contribution in [0.2, 0.25) is 0 Å². The van der Waals surface area contributed by atoms with Gasteiger partial charge in [0.05, 0.1) is 0 Å². The highest BCUT2D eigenvalue weighted by molar-refractivity contribution is 5.07. The second-order valence-corrected chi connectivity index (χ2v) is 3.92. The Bertz CT molecular complexity index is 325. The SMILES string of the molecule is Cc1ccn(CCC(C)C)c(=O)c1. The lowest BCUT2D eigenvalue weighted by Crippen LogP contribution is -2.19. The first kappa shape index (κ1) is 10.0. The van der Waals surface area contributed by atoms with Crippen molar-refractivity contribution in [2.24, 2.45) is 5.92 Å². The molecule has 0 atom stereocenters. The summed E-state index contributed by atoms with van der Waals surface area (Å²) in [4.78, 5) is 11.4. The Morgan fingerprint density at radius 3 is 2.69 bits per heavy atom. The maximum Gasteiger partial charge on any atom is 0.250 e. The number of hydrogen-bond acceptors (Lipinski definition) is 1. The summed E-state index contributed by atoms with van der Waals surface area (Å²) < 4.78 is 1.77. The average molecular weight is 179 g/mol. The van der Waals surface area contributed by atoms with Crippen LogP contribution < -0.4 is 5.56 Å². The van der Waals surface area contributed by atoms with E-state index in [1.807, 2.05) is 19.2 Å². The van der Waals surface area contributed by atoms with Crippen LogP contribution in [0.5, 0.6) is 0 Å². The van der Waals surface area contributed by atoms with Crippen LogP contribution in [0.15, 0.2) is 23.1 Å². The summed E-state index contributed by atoms with van der Waals surface area (Å²) in [5.74, 6) is 0.646. The van der Waals surface area contributed by atoms with E-state index in [4.69, 9.17) is 0 Å². The molecule has 0 fully saturated rings. The topological polar surface area (TPSA) is 22.0 Å². The number of rotatable bonds is 3. The zero-order chi connectivity index (χ0) is 9.84. The average Bonchev–Trinajstić information content (AvgIpc) is 2.02. The van der Waals surface area contributed by atoms with Crippen LogP contribution in [-0.2, 0) is 6.54 Å². The Labute approximate surface area is 79.2 Å². The molecule has 1 heterocycles. The monoisotopic (exact) mass is 179 g/mol. The van der Waals surface area contributed by atoms with Gasteiger partial charge in [-0.2, -0.15) is 0 Å². The molecule has 0 saturated heterocycles. The molecule has 1 aromatic rings. The number of pyridine rings is 1. The van der Waals surface area contributed by atoms with Crippen molar-refractivity contribution in [3.63, 3.8) is 0 Å².